The molecule has 136 valence electrons. The van der Waals surface area contributed by atoms with E-state index in [0.717, 1.165) is 5.56 Å². The van der Waals surface area contributed by atoms with Crippen LogP contribution in [0.3, 0.4) is 0 Å². The van der Waals surface area contributed by atoms with Crippen LogP contribution in [0.15, 0.2) is 54.7 Å². The fourth-order valence-corrected chi connectivity index (χ4v) is 4.76. The van der Waals surface area contributed by atoms with Crippen molar-refractivity contribution in [3.63, 3.8) is 0 Å². The third-order valence-electron chi connectivity index (χ3n) is 4.35. The molecule has 0 amide bonds. The van der Waals surface area contributed by atoms with Gasteiger partial charge >= 0.3 is 7.60 Å². The van der Waals surface area contributed by atoms with Crippen LogP contribution in [0.5, 0.6) is 0 Å². The molecule has 0 aliphatic carbocycles. The maximum atomic E-state index is 13.3. The first-order chi connectivity index (χ1) is 12.5. The topological polar surface area (TPSA) is 81.9 Å². The maximum Gasteiger partial charge on any atom is 0.356 e. The molecule has 0 radical (unpaired) electrons. The average molecular weight is 374 g/mol. The molecule has 7 nitrogen and oxygen atoms in total. The summed E-state index contributed by atoms with van der Waals surface area (Å²) >= 11 is 0. The zero-order valence-corrected chi connectivity index (χ0v) is 15.3. The third-order valence-corrected chi connectivity index (χ3v) is 6.55. The Bertz CT molecular complexity index is 876. The third kappa shape index (κ3) is 3.29. The minimum absolute atomic E-state index is 0.0399. The highest BCUT2D eigenvalue weighted by Crippen LogP contribution is 2.63. The van der Waals surface area contributed by atoms with Gasteiger partial charge in [-0.25, -0.2) is 0 Å². The Hall–Kier alpha value is -2.47. The first kappa shape index (κ1) is 18.3. The monoisotopic (exact) mass is 374 g/mol. The molecule has 0 N–H and O–H groups in total. The molecular weight excluding hydrogens is 355 g/mol. The molecule has 1 aliphatic heterocycles. The molecule has 1 heterocycles. The number of nitro groups is 1. The van der Waals surface area contributed by atoms with Crippen LogP contribution in [-0.4, -0.2) is 24.0 Å². The number of fused-ring (bicyclic) bond motifs is 1. The maximum absolute atomic E-state index is 13.3. The molecule has 1 unspecified atom stereocenters. The molecule has 0 saturated heterocycles. The lowest BCUT2D eigenvalue weighted by atomic mass is 10.0. The van der Waals surface area contributed by atoms with E-state index in [1.54, 1.807) is 24.4 Å². The number of nitro benzene ring substituents is 1. The summed E-state index contributed by atoms with van der Waals surface area (Å²) in [4.78, 5) is 12.7. The summed E-state index contributed by atoms with van der Waals surface area (Å²) in [6, 6.07) is 14.4. The second-order valence-electron chi connectivity index (χ2n) is 5.79. The van der Waals surface area contributed by atoms with Gasteiger partial charge in [0, 0.05) is 38.6 Å². The number of benzene rings is 2. The quantitative estimate of drug-likeness (QED) is 0.419. The van der Waals surface area contributed by atoms with Crippen molar-refractivity contribution in [3.8, 4) is 0 Å². The van der Waals surface area contributed by atoms with E-state index >= 15 is 0 Å². The van der Waals surface area contributed by atoms with Gasteiger partial charge in [-0.1, -0.05) is 42.5 Å². The predicted octanol–water partition coefficient (Wildman–Crippen LogP) is 4.57. The van der Waals surface area contributed by atoms with Crippen LogP contribution < -0.4 is 0 Å². The normalized spacial score (nSPS) is 16.4. The largest absolute Gasteiger partial charge is 0.356 e. The summed E-state index contributed by atoms with van der Waals surface area (Å²) in [6.07, 6.45) is 3.38. The molecule has 0 spiro atoms. The zero-order valence-electron chi connectivity index (χ0n) is 14.4. The van der Waals surface area contributed by atoms with Crippen molar-refractivity contribution >= 4 is 19.4 Å². The van der Waals surface area contributed by atoms with E-state index in [2.05, 4.69) is 0 Å². The van der Waals surface area contributed by atoms with Crippen LogP contribution in [0.4, 0.5) is 5.69 Å². The van der Waals surface area contributed by atoms with Gasteiger partial charge in [-0.05, 0) is 11.6 Å². The van der Waals surface area contributed by atoms with Gasteiger partial charge in [0.05, 0.1) is 10.5 Å². The number of hydrogen-bond donors (Lipinski definition) is 0. The van der Waals surface area contributed by atoms with Gasteiger partial charge in [-0.3, -0.25) is 14.7 Å². The van der Waals surface area contributed by atoms with E-state index in [1.165, 1.54) is 20.3 Å². The van der Waals surface area contributed by atoms with Crippen LogP contribution in [0.1, 0.15) is 22.5 Å². The van der Waals surface area contributed by atoms with Crippen molar-refractivity contribution in [1.29, 1.82) is 0 Å². The van der Waals surface area contributed by atoms with Gasteiger partial charge in [0.2, 0.25) is 0 Å². The molecule has 8 heteroatoms. The number of hydrogen-bond acceptors (Lipinski definition) is 6. The number of rotatable bonds is 6. The van der Waals surface area contributed by atoms with Gasteiger partial charge in [0.25, 0.3) is 5.69 Å². The minimum Gasteiger partial charge on any atom is -0.356 e. The lowest BCUT2D eigenvalue weighted by molar-refractivity contribution is -0.385. The van der Waals surface area contributed by atoms with E-state index in [4.69, 9.17) is 9.05 Å². The Balaban J connectivity index is 2.12. The highest BCUT2D eigenvalue weighted by atomic mass is 31.2. The van der Waals surface area contributed by atoms with Gasteiger partial charge in [0.1, 0.15) is 0 Å². The first-order valence-corrected chi connectivity index (χ1v) is 9.57. The summed E-state index contributed by atoms with van der Waals surface area (Å²) in [5, 5.41) is 11.4. The van der Waals surface area contributed by atoms with Crippen molar-refractivity contribution in [1.82, 2.24) is 4.90 Å². The number of nitrogens with zero attached hydrogens (tertiary/aromatic N) is 2. The highest BCUT2D eigenvalue weighted by molar-refractivity contribution is 7.54. The average Bonchev–Trinajstić information content (AvgIpc) is 2.67. The zero-order chi connectivity index (χ0) is 18.7. The highest BCUT2D eigenvalue weighted by Gasteiger charge is 2.43. The molecule has 3 rings (SSSR count). The molecule has 2 aromatic rings. The predicted molar refractivity (Wildman–Crippen MR) is 98.5 cm³/mol. The van der Waals surface area contributed by atoms with Gasteiger partial charge in [-0.2, -0.15) is 0 Å². The van der Waals surface area contributed by atoms with Crippen molar-refractivity contribution in [2.24, 2.45) is 0 Å². The SMILES string of the molecule is COP(=O)(OC)C1c2cccc([N+](=O)[O-])c2C=CN1Cc1ccccc1. The van der Waals surface area contributed by atoms with Crippen molar-refractivity contribution in [2.75, 3.05) is 14.2 Å². The molecule has 0 bridgehead atoms. The van der Waals surface area contributed by atoms with Crippen molar-refractivity contribution in [2.45, 2.75) is 12.3 Å². The summed E-state index contributed by atoms with van der Waals surface area (Å²) in [5.74, 6) is -0.780. The summed E-state index contributed by atoms with van der Waals surface area (Å²) in [5.41, 5.74) is 1.93. The van der Waals surface area contributed by atoms with Crippen LogP contribution >= 0.6 is 7.60 Å². The standard InChI is InChI=1S/C18H19N2O5P/c1-24-26(23,25-2)18-16-9-6-10-17(20(21)22)15(16)11-12-19(18)13-14-7-4-3-5-8-14/h3-12,18H,13H2,1-2H3. The van der Waals surface area contributed by atoms with Crippen LogP contribution in [0.25, 0.3) is 6.08 Å². The van der Waals surface area contributed by atoms with Crippen LogP contribution in [-0.2, 0) is 20.2 Å². The van der Waals surface area contributed by atoms with E-state index in [9.17, 15) is 14.7 Å². The Labute approximate surface area is 151 Å². The molecule has 0 aromatic heterocycles. The fourth-order valence-electron chi connectivity index (χ4n) is 3.13. The Morgan fingerprint density at radius 3 is 2.42 bits per heavy atom. The summed E-state index contributed by atoms with van der Waals surface area (Å²) in [7, 11) is -0.940. The molecule has 1 atom stereocenters. The van der Waals surface area contributed by atoms with E-state index in [1.807, 2.05) is 35.2 Å². The fraction of sp³-hybridized carbons (Fsp3) is 0.222. The van der Waals surface area contributed by atoms with Crippen LogP contribution in [0.2, 0.25) is 0 Å². The minimum atomic E-state index is -3.58. The summed E-state index contributed by atoms with van der Waals surface area (Å²) in [6.45, 7) is 0.459. The van der Waals surface area contributed by atoms with Crippen LogP contribution in [0, 0.1) is 10.1 Å². The van der Waals surface area contributed by atoms with Gasteiger partial charge in [0.15, 0.2) is 5.78 Å². The lowest BCUT2D eigenvalue weighted by Gasteiger charge is -2.37. The van der Waals surface area contributed by atoms with E-state index < -0.39 is 18.3 Å². The molecule has 0 fully saturated rings. The Kier molecular flexibility index (Phi) is 5.23. The van der Waals surface area contributed by atoms with E-state index in [-0.39, 0.29) is 5.69 Å². The summed E-state index contributed by atoms with van der Waals surface area (Å²) < 4.78 is 23.7. The molecule has 2 aromatic carbocycles. The first-order valence-electron chi connectivity index (χ1n) is 7.96. The lowest BCUT2D eigenvalue weighted by Crippen LogP contribution is -2.27. The van der Waals surface area contributed by atoms with Crippen molar-refractivity contribution in [3.05, 3.63) is 81.5 Å². The van der Waals surface area contributed by atoms with Crippen molar-refractivity contribution < 1.29 is 18.5 Å². The second-order valence-corrected chi connectivity index (χ2v) is 8.09. The van der Waals surface area contributed by atoms with Gasteiger partial charge < -0.3 is 13.9 Å². The Morgan fingerprint density at radius 2 is 1.81 bits per heavy atom. The van der Waals surface area contributed by atoms with E-state index in [0.29, 0.717) is 17.7 Å². The van der Waals surface area contributed by atoms with Gasteiger partial charge in [-0.15, -0.1) is 0 Å². The smallest absolute Gasteiger partial charge is 0.356 e. The molecule has 0 saturated carbocycles. The molecular formula is C18H19N2O5P. The Morgan fingerprint density at radius 1 is 1.12 bits per heavy atom. The second kappa shape index (κ2) is 7.41. The molecule has 26 heavy (non-hydrogen) atoms. The molecule has 1 aliphatic rings.